The van der Waals surface area contributed by atoms with E-state index in [9.17, 15) is 31.1 Å². The van der Waals surface area contributed by atoms with Gasteiger partial charge in [-0.3, -0.25) is 9.69 Å². The van der Waals surface area contributed by atoms with Crippen molar-refractivity contribution in [2.45, 2.75) is 24.5 Å². The van der Waals surface area contributed by atoms with Crippen molar-refractivity contribution in [2.75, 3.05) is 53.4 Å². The van der Waals surface area contributed by atoms with Crippen molar-refractivity contribution < 1.29 is 55.7 Å². The highest BCUT2D eigenvalue weighted by molar-refractivity contribution is 7.12. The van der Waals surface area contributed by atoms with E-state index < -0.39 is 24.3 Å². The minimum Gasteiger partial charge on any atom is -0.475 e. The Hall–Kier alpha value is -2.43. The van der Waals surface area contributed by atoms with Crippen LogP contribution in [0.1, 0.15) is 9.67 Å². The molecular weight excluding hydrogens is 512 g/mol. The third-order valence-electron chi connectivity index (χ3n) is 4.75. The first-order valence-electron chi connectivity index (χ1n) is 9.97. The Morgan fingerprint density at radius 2 is 1.63 bits per heavy atom. The molecular formula is C19H25F6N3O6S. The van der Waals surface area contributed by atoms with Crippen molar-refractivity contribution in [2.24, 2.45) is 0 Å². The van der Waals surface area contributed by atoms with Crippen molar-refractivity contribution in [3.8, 4) is 0 Å². The predicted molar refractivity (Wildman–Crippen MR) is 111 cm³/mol. The summed E-state index contributed by atoms with van der Waals surface area (Å²) >= 11 is 1.51. The Morgan fingerprint density at radius 1 is 1.09 bits per heavy atom. The van der Waals surface area contributed by atoms with Gasteiger partial charge in [0.25, 0.3) is 5.91 Å². The lowest BCUT2D eigenvalue weighted by Gasteiger charge is -2.37. The Kier molecular flexibility index (Phi) is 11.4. The molecule has 9 nitrogen and oxygen atoms in total. The number of hydrogen-bond acceptors (Lipinski definition) is 7. The molecule has 0 unspecified atom stereocenters. The second-order valence-electron chi connectivity index (χ2n) is 7.61. The zero-order valence-corrected chi connectivity index (χ0v) is 19.5. The number of aliphatic carboxylic acids is 2. The van der Waals surface area contributed by atoms with E-state index >= 15 is 0 Å². The first-order chi connectivity index (χ1) is 16.0. The van der Waals surface area contributed by atoms with Crippen molar-refractivity contribution in [3.05, 3.63) is 22.4 Å². The highest BCUT2D eigenvalue weighted by Gasteiger charge is 2.42. The van der Waals surface area contributed by atoms with Gasteiger partial charge in [-0.15, -0.1) is 11.3 Å². The van der Waals surface area contributed by atoms with Crippen molar-refractivity contribution in [1.29, 1.82) is 0 Å². The van der Waals surface area contributed by atoms with E-state index in [0.29, 0.717) is 6.04 Å². The van der Waals surface area contributed by atoms with Crippen LogP contribution in [0, 0.1) is 0 Å². The Labute approximate surface area is 200 Å². The van der Waals surface area contributed by atoms with E-state index in [2.05, 4.69) is 23.9 Å². The first-order valence-corrected chi connectivity index (χ1v) is 10.8. The van der Waals surface area contributed by atoms with Crippen molar-refractivity contribution in [1.82, 2.24) is 14.7 Å². The summed E-state index contributed by atoms with van der Waals surface area (Å²) in [5, 5.41) is 16.2. The summed E-state index contributed by atoms with van der Waals surface area (Å²) in [5.74, 6) is -5.37. The number of thiophene rings is 1. The zero-order valence-electron chi connectivity index (χ0n) is 18.7. The number of rotatable bonds is 4. The van der Waals surface area contributed by atoms with Crippen LogP contribution in [0.4, 0.5) is 26.3 Å². The van der Waals surface area contributed by atoms with E-state index in [1.54, 1.807) is 0 Å². The number of amides is 1. The molecule has 1 aromatic rings. The number of likely N-dealkylation sites (N-methyl/N-ethyl adjacent to an activating group) is 1. The smallest absolute Gasteiger partial charge is 0.475 e. The highest BCUT2D eigenvalue weighted by atomic mass is 32.1. The summed E-state index contributed by atoms with van der Waals surface area (Å²) in [5.41, 5.74) is 0. The second-order valence-corrected chi connectivity index (χ2v) is 8.56. The Balaban J connectivity index is 0.000000362. The average molecular weight is 537 g/mol. The number of fused-ring (bicyclic) bond motifs is 1. The number of likely N-dealkylation sites (tertiary alicyclic amines) is 1. The monoisotopic (exact) mass is 537 g/mol. The average Bonchev–Trinajstić information content (AvgIpc) is 3.41. The van der Waals surface area contributed by atoms with Gasteiger partial charge in [0.2, 0.25) is 0 Å². The van der Waals surface area contributed by atoms with Crippen molar-refractivity contribution >= 4 is 29.2 Å². The normalized spacial score (nSPS) is 20.3. The van der Waals surface area contributed by atoms with Crippen LogP contribution in [0.15, 0.2) is 17.5 Å². The fourth-order valence-electron chi connectivity index (χ4n) is 3.09. The molecule has 0 aliphatic carbocycles. The maximum Gasteiger partial charge on any atom is 0.490 e. The molecule has 2 saturated heterocycles. The number of halogens is 6. The van der Waals surface area contributed by atoms with Gasteiger partial charge in [0.1, 0.15) is 0 Å². The van der Waals surface area contributed by atoms with Crippen LogP contribution < -0.4 is 0 Å². The summed E-state index contributed by atoms with van der Waals surface area (Å²) in [7, 11) is 4.19. The van der Waals surface area contributed by atoms with E-state index in [-0.39, 0.29) is 12.0 Å². The van der Waals surface area contributed by atoms with Gasteiger partial charge < -0.3 is 24.7 Å². The summed E-state index contributed by atoms with van der Waals surface area (Å²) in [6.45, 7) is 5.33. The quantitative estimate of drug-likeness (QED) is 0.562. The summed E-state index contributed by atoms with van der Waals surface area (Å²) in [6.07, 6.45) is -10.00. The van der Waals surface area contributed by atoms with Crippen molar-refractivity contribution in [3.63, 3.8) is 0 Å². The molecule has 2 aliphatic heterocycles. The first kappa shape index (κ1) is 30.6. The third kappa shape index (κ3) is 10.4. The van der Waals surface area contributed by atoms with E-state index in [1.165, 1.54) is 11.3 Å². The van der Waals surface area contributed by atoms with Gasteiger partial charge in [0, 0.05) is 32.7 Å². The fraction of sp³-hybridized carbons (Fsp3) is 0.632. The number of carbonyl (C=O) groups excluding carboxylic acids is 1. The third-order valence-corrected chi connectivity index (χ3v) is 5.61. The molecule has 3 rings (SSSR count). The van der Waals surface area contributed by atoms with Gasteiger partial charge in [0.15, 0.2) is 0 Å². The second kappa shape index (κ2) is 13.0. The van der Waals surface area contributed by atoms with E-state index in [0.717, 1.165) is 44.2 Å². The number of carboxylic acids is 2. The van der Waals surface area contributed by atoms with Gasteiger partial charge >= 0.3 is 24.3 Å². The minimum atomic E-state index is -5.08. The zero-order chi connectivity index (χ0) is 27.0. The van der Waals surface area contributed by atoms with Gasteiger partial charge in [-0.2, -0.15) is 26.3 Å². The number of morpholine rings is 1. The van der Waals surface area contributed by atoms with E-state index in [4.69, 9.17) is 24.5 Å². The van der Waals surface area contributed by atoms with Crippen LogP contribution in [0.3, 0.4) is 0 Å². The maximum absolute atomic E-state index is 12.5. The molecule has 2 atom stereocenters. The van der Waals surface area contributed by atoms with Crippen LogP contribution in [-0.2, 0) is 14.3 Å². The largest absolute Gasteiger partial charge is 0.490 e. The number of ether oxygens (including phenoxy) is 1. The van der Waals surface area contributed by atoms with Crippen LogP contribution in [0.25, 0.3) is 0 Å². The molecule has 1 aromatic heterocycles. The van der Waals surface area contributed by atoms with Crippen LogP contribution >= 0.6 is 11.3 Å². The standard InChI is InChI=1S/C15H23N3O2S.2C2HF3O2/c1-16(2)5-6-17-7-8-20-13-11-18(10-12(13)17)15(19)14-4-3-9-21-14;2*3-2(4,5)1(6)7/h3-4,9,12-13H,5-8,10-11H2,1-2H3;2*(H,6,7)/t12-,13+;;/m1../s1. The van der Waals surface area contributed by atoms with Gasteiger partial charge in [0.05, 0.1) is 23.6 Å². The lowest BCUT2D eigenvalue weighted by Crippen LogP contribution is -2.52. The Bertz CT molecular complexity index is 810. The van der Waals surface area contributed by atoms with Gasteiger partial charge in [-0.25, -0.2) is 9.59 Å². The molecule has 0 radical (unpaired) electrons. The lowest BCUT2D eigenvalue weighted by atomic mass is 10.1. The van der Waals surface area contributed by atoms with Crippen LogP contribution in [0.5, 0.6) is 0 Å². The molecule has 0 aromatic carbocycles. The molecule has 2 N–H and O–H groups in total. The molecule has 3 heterocycles. The van der Waals surface area contributed by atoms with Crippen LogP contribution in [-0.4, -0.2) is 121 Å². The lowest BCUT2D eigenvalue weighted by molar-refractivity contribution is -0.193. The molecule has 1 amide bonds. The molecule has 200 valence electrons. The summed E-state index contributed by atoms with van der Waals surface area (Å²) in [6, 6.07) is 4.18. The molecule has 0 saturated carbocycles. The summed E-state index contributed by atoms with van der Waals surface area (Å²) in [4.78, 5) is 37.7. The molecule has 2 fully saturated rings. The molecule has 35 heavy (non-hydrogen) atoms. The minimum absolute atomic E-state index is 0.149. The molecule has 0 spiro atoms. The van der Waals surface area contributed by atoms with E-state index in [1.807, 2.05) is 22.4 Å². The molecule has 2 aliphatic rings. The summed E-state index contributed by atoms with van der Waals surface area (Å²) < 4.78 is 69.4. The van der Waals surface area contributed by atoms with Crippen LogP contribution in [0.2, 0.25) is 0 Å². The Morgan fingerprint density at radius 3 is 2.06 bits per heavy atom. The number of carboxylic acid groups (broad SMARTS) is 2. The number of nitrogens with zero attached hydrogens (tertiary/aromatic N) is 3. The molecule has 0 bridgehead atoms. The van der Waals surface area contributed by atoms with Gasteiger partial charge in [-0.1, -0.05) is 6.07 Å². The maximum atomic E-state index is 12.5. The predicted octanol–water partition coefficient (Wildman–Crippen LogP) is 2.10. The number of alkyl halides is 6. The number of carbonyl (C=O) groups is 3. The fourth-order valence-corrected chi connectivity index (χ4v) is 3.78. The SMILES string of the molecule is CN(C)CCN1CCO[C@H]2CN(C(=O)c3cccs3)C[C@H]21.O=C(O)C(F)(F)F.O=C(O)C(F)(F)F. The molecule has 16 heteroatoms. The van der Waals surface area contributed by atoms with Gasteiger partial charge in [-0.05, 0) is 25.5 Å². The topological polar surface area (TPSA) is 111 Å². The number of hydrogen-bond donors (Lipinski definition) is 2. The highest BCUT2D eigenvalue weighted by Crippen LogP contribution is 2.25.